The number of hydrogen-bond donors (Lipinski definition) is 0. The smallest absolute Gasteiger partial charge is 0.185 e. The van der Waals surface area contributed by atoms with Crippen LogP contribution in [0.15, 0.2) is 60.7 Å². The number of hydrogen-bond acceptors (Lipinski definition) is 4. The van der Waals surface area contributed by atoms with Gasteiger partial charge >= 0.3 is 0 Å². The van der Waals surface area contributed by atoms with E-state index in [0.717, 1.165) is 0 Å². The van der Waals surface area contributed by atoms with Crippen molar-refractivity contribution < 1.29 is 9.59 Å². The van der Waals surface area contributed by atoms with E-state index < -0.39 is 11.1 Å². The summed E-state index contributed by atoms with van der Waals surface area (Å²) in [7, 11) is 7.39. The van der Waals surface area contributed by atoms with Crippen LogP contribution in [0, 0.1) is 0 Å². The summed E-state index contributed by atoms with van der Waals surface area (Å²) in [4.78, 5) is 30.8. The van der Waals surface area contributed by atoms with Crippen LogP contribution in [0.2, 0.25) is 0 Å². The van der Waals surface area contributed by atoms with E-state index in [2.05, 4.69) is 0 Å². The molecule has 26 heavy (non-hydrogen) atoms. The van der Waals surface area contributed by atoms with Crippen LogP contribution in [0.1, 0.15) is 34.6 Å². The molecule has 2 aromatic rings. The van der Waals surface area contributed by atoms with Gasteiger partial charge in [0.1, 0.15) is 11.1 Å². The first-order valence-corrected chi connectivity index (χ1v) is 8.72. The molecule has 0 aliphatic rings. The average Bonchev–Trinajstić information content (AvgIpc) is 2.66. The number of rotatable bonds is 7. The number of benzene rings is 2. The Hall–Kier alpha value is -2.30. The third kappa shape index (κ3) is 3.11. The highest BCUT2D eigenvalue weighted by Gasteiger charge is 2.57. The number of nitrogens with zero attached hydrogens (tertiary/aromatic N) is 2. The summed E-state index contributed by atoms with van der Waals surface area (Å²) in [6.07, 6.45) is 0. The summed E-state index contributed by atoms with van der Waals surface area (Å²) >= 11 is 0. The molecule has 2 atom stereocenters. The van der Waals surface area contributed by atoms with Gasteiger partial charge in [0.15, 0.2) is 11.6 Å². The first-order valence-electron chi connectivity index (χ1n) is 8.72. The van der Waals surface area contributed by atoms with Crippen molar-refractivity contribution in [3.63, 3.8) is 0 Å². The van der Waals surface area contributed by atoms with Gasteiger partial charge in [0, 0.05) is 11.1 Å². The van der Waals surface area contributed by atoms with Crippen molar-refractivity contribution in [1.82, 2.24) is 9.80 Å². The minimum absolute atomic E-state index is 0.0800. The Morgan fingerprint density at radius 3 is 1.12 bits per heavy atom. The molecule has 0 saturated carbocycles. The van der Waals surface area contributed by atoms with Gasteiger partial charge in [-0.15, -0.1) is 0 Å². The van der Waals surface area contributed by atoms with E-state index in [9.17, 15) is 9.59 Å². The van der Waals surface area contributed by atoms with Crippen molar-refractivity contribution in [3.8, 4) is 0 Å². The molecule has 0 aliphatic carbocycles. The number of carbonyl (C=O) groups excluding carboxylic acids is 2. The number of carbonyl (C=O) groups is 2. The molecule has 0 N–H and O–H groups in total. The second-order valence-electron chi connectivity index (χ2n) is 7.32. The Balaban J connectivity index is 2.66. The van der Waals surface area contributed by atoms with Gasteiger partial charge < -0.3 is 0 Å². The molecule has 0 fully saturated rings. The summed E-state index contributed by atoms with van der Waals surface area (Å²) in [5, 5.41) is 0. The van der Waals surface area contributed by atoms with Crippen LogP contribution in [0.3, 0.4) is 0 Å². The van der Waals surface area contributed by atoms with Crippen LogP contribution < -0.4 is 0 Å². The Bertz CT molecular complexity index is 704. The maximum Gasteiger partial charge on any atom is 0.185 e. The monoisotopic (exact) mass is 352 g/mol. The van der Waals surface area contributed by atoms with Crippen LogP contribution in [-0.4, -0.2) is 60.6 Å². The zero-order chi connectivity index (χ0) is 19.5. The molecule has 2 aromatic carbocycles. The molecule has 0 radical (unpaired) electrons. The minimum atomic E-state index is -1.06. The Morgan fingerprint density at radius 2 is 0.885 bits per heavy atom. The first-order chi connectivity index (χ1) is 12.2. The highest BCUT2D eigenvalue weighted by Crippen LogP contribution is 2.37. The SMILES string of the molecule is CN(C)C(C)(C(=O)c1ccccc1)C(C)(C(=O)c1ccccc1)N(C)C. The molecule has 138 valence electrons. The Morgan fingerprint density at radius 1 is 0.615 bits per heavy atom. The molecule has 4 nitrogen and oxygen atoms in total. The third-order valence-corrected chi connectivity index (χ3v) is 5.69. The molecule has 0 amide bonds. The van der Waals surface area contributed by atoms with Gasteiger partial charge in [-0.05, 0) is 42.0 Å². The van der Waals surface area contributed by atoms with Gasteiger partial charge in [0.05, 0.1) is 0 Å². The van der Waals surface area contributed by atoms with Crippen LogP contribution in [0.5, 0.6) is 0 Å². The van der Waals surface area contributed by atoms with Crippen molar-refractivity contribution in [2.45, 2.75) is 24.9 Å². The molecule has 0 spiro atoms. The molecular weight excluding hydrogens is 324 g/mol. The third-order valence-electron chi connectivity index (χ3n) is 5.69. The number of ketones is 2. The lowest BCUT2D eigenvalue weighted by Gasteiger charge is -2.51. The van der Waals surface area contributed by atoms with Gasteiger partial charge in [0.2, 0.25) is 0 Å². The largest absolute Gasteiger partial charge is 0.295 e. The van der Waals surface area contributed by atoms with Crippen molar-refractivity contribution in [3.05, 3.63) is 71.8 Å². The van der Waals surface area contributed by atoms with E-state index in [-0.39, 0.29) is 11.6 Å². The molecule has 0 saturated heterocycles. The van der Waals surface area contributed by atoms with Crippen LogP contribution in [0.25, 0.3) is 0 Å². The highest BCUT2D eigenvalue weighted by atomic mass is 16.1. The van der Waals surface area contributed by atoms with E-state index in [1.807, 2.05) is 88.2 Å². The number of likely N-dealkylation sites (N-methyl/N-ethyl adjacent to an activating group) is 2. The molecule has 4 heteroatoms. The fourth-order valence-corrected chi connectivity index (χ4v) is 3.46. The molecule has 0 aromatic heterocycles. The van der Waals surface area contributed by atoms with Gasteiger partial charge in [-0.25, -0.2) is 0 Å². The van der Waals surface area contributed by atoms with Crippen LogP contribution in [0.4, 0.5) is 0 Å². The quantitative estimate of drug-likeness (QED) is 0.716. The molecule has 0 bridgehead atoms. The topological polar surface area (TPSA) is 40.6 Å². The standard InChI is InChI=1S/C22H28N2O2/c1-21(23(3)4,19(25)17-13-9-7-10-14-17)22(2,24(5)6)20(26)18-15-11-8-12-16-18/h7-16H,1-6H3. The predicted molar refractivity (Wildman–Crippen MR) is 106 cm³/mol. The van der Waals surface area contributed by atoms with Crippen LogP contribution in [-0.2, 0) is 0 Å². The van der Waals surface area contributed by atoms with Gasteiger partial charge in [-0.2, -0.15) is 0 Å². The van der Waals surface area contributed by atoms with Gasteiger partial charge in [-0.3, -0.25) is 19.4 Å². The molecular formula is C22H28N2O2. The minimum Gasteiger partial charge on any atom is -0.295 e. The summed E-state index contributed by atoms with van der Waals surface area (Å²) < 4.78 is 0. The van der Waals surface area contributed by atoms with E-state index in [1.165, 1.54) is 0 Å². The normalized spacial score (nSPS) is 16.2. The van der Waals surface area contributed by atoms with Crippen molar-refractivity contribution in [2.75, 3.05) is 28.2 Å². The lowest BCUT2D eigenvalue weighted by atomic mass is 9.68. The molecule has 2 rings (SSSR count). The zero-order valence-electron chi connectivity index (χ0n) is 16.5. The summed E-state index contributed by atoms with van der Waals surface area (Å²) in [5.74, 6) is -0.160. The van der Waals surface area contributed by atoms with E-state index in [4.69, 9.17) is 0 Å². The molecule has 0 heterocycles. The predicted octanol–water partition coefficient (Wildman–Crippen LogP) is 3.39. The zero-order valence-corrected chi connectivity index (χ0v) is 16.5. The van der Waals surface area contributed by atoms with E-state index in [0.29, 0.717) is 11.1 Å². The average molecular weight is 352 g/mol. The highest BCUT2D eigenvalue weighted by molar-refractivity contribution is 6.13. The van der Waals surface area contributed by atoms with Crippen molar-refractivity contribution in [1.29, 1.82) is 0 Å². The van der Waals surface area contributed by atoms with Gasteiger partial charge in [-0.1, -0.05) is 60.7 Å². The van der Waals surface area contributed by atoms with Crippen molar-refractivity contribution in [2.24, 2.45) is 0 Å². The molecule has 2 unspecified atom stereocenters. The summed E-state index contributed by atoms with van der Waals surface area (Å²) in [6.45, 7) is 3.70. The van der Waals surface area contributed by atoms with Crippen LogP contribution >= 0.6 is 0 Å². The summed E-state index contributed by atoms with van der Waals surface area (Å²) in [5.41, 5.74) is -0.939. The maximum absolute atomic E-state index is 13.6. The Kier molecular flexibility index (Phi) is 5.79. The fourth-order valence-electron chi connectivity index (χ4n) is 3.46. The second-order valence-corrected chi connectivity index (χ2v) is 7.32. The van der Waals surface area contributed by atoms with Gasteiger partial charge in [0.25, 0.3) is 0 Å². The second kappa shape index (κ2) is 7.52. The maximum atomic E-state index is 13.6. The van der Waals surface area contributed by atoms with Crippen molar-refractivity contribution >= 4 is 11.6 Å². The van der Waals surface area contributed by atoms with E-state index >= 15 is 0 Å². The number of Topliss-reactive ketones (excluding diaryl/α,β-unsaturated/α-hetero) is 2. The lowest BCUT2D eigenvalue weighted by Crippen LogP contribution is -2.72. The first kappa shape index (κ1) is 20.0. The molecule has 0 aliphatic heterocycles. The fraction of sp³-hybridized carbons (Fsp3) is 0.364. The Labute approximate surface area is 156 Å². The summed E-state index contributed by atoms with van der Waals surface area (Å²) in [6, 6.07) is 18.3. The van der Waals surface area contributed by atoms with E-state index in [1.54, 1.807) is 24.3 Å². The lowest BCUT2D eigenvalue weighted by molar-refractivity contribution is 0.00545.